The summed E-state index contributed by atoms with van der Waals surface area (Å²) >= 11 is 0. The Kier molecular flexibility index (Phi) is 6.78. The zero-order chi connectivity index (χ0) is 25.3. The Labute approximate surface area is 202 Å². The third-order valence-corrected chi connectivity index (χ3v) is 6.82. The van der Waals surface area contributed by atoms with Gasteiger partial charge in [0.05, 0.1) is 6.26 Å². The molecule has 0 aliphatic carbocycles. The first-order valence-electron chi connectivity index (χ1n) is 11.8. The molecule has 35 heavy (non-hydrogen) atoms. The minimum Gasteiger partial charge on any atom is -0.480 e. The van der Waals surface area contributed by atoms with Crippen molar-refractivity contribution < 1.29 is 23.5 Å². The largest absolute Gasteiger partial charge is 0.480 e. The van der Waals surface area contributed by atoms with E-state index < -0.39 is 23.5 Å². The van der Waals surface area contributed by atoms with Crippen LogP contribution in [0.5, 0.6) is 0 Å². The Morgan fingerprint density at radius 2 is 1.77 bits per heavy atom. The van der Waals surface area contributed by atoms with Crippen molar-refractivity contribution in [2.75, 3.05) is 0 Å². The van der Waals surface area contributed by atoms with Crippen LogP contribution in [-0.4, -0.2) is 23.0 Å². The number of furan rings is 1. The van der Waals surface area contributed by atoms with E-state index in [-0.39, 0.29) is 18.8 Å². The van der Waals surface area contributed by atoms with Crippen molar-refractivity contribution >= 4 is 33.8 Å². The molecule has 2 N–H and O–H groups in total. The second-order valence-corrected chi connectivity index (χ2v) is 9.03. The zero-order valence-corrected chi connectivity index (χ0v) is 20.3. The molecule has 0 spiro atoms. The van der Waals surface area contributed by atoms with Gasteiger partial charge in [0, 0.05) is 33.9 Å². The fraction of sp³-hybridized carbons (Fsp3) is 0.321. The number of nitrogens with one attached hydrogen (secondary N) is 1. The maximum atomic E-state index is 12.8. The van der Waals surface area contributed by atoms with Crippen LogP contribution in [0.3, 0.4) is 0 Å². The number of benzene rings is 2. The lowest BCUT2D eigenvalue weighted by Gasteiger charge is -2.20. The van der Waals surface area contributed by atoms with Gasteiger partial charge in [-0.25, -0.2) is 9.59 Å². The summed E-state index contributed by atoms with van der Waals surface area (Å²) < 4.78 is 11.5. The van der Waals surface area contributed by atoms with E-state index in [9.17, 15) is 19.5 Å². The van der Waals surface area contributed by atoms with E-state index in [1.807, 2.05) is 57.2 Å². The highest BCUT2D eigenvalue weighted by atomic mass is 16.4. The molecule has 2 aromatic carbocycles. The van der Waals surface area contributed by atoms with Crippen LogP contribution in [0.1, 0.15) is 43.4 Å². The molecule has 4 rings (SSSR count). The first kappa shape index (κ1) is 24.3. The quantitative estimate of drug-likeness (QED) is 0.332. The van der Waals surface area contributed by atoms with Gasteiger partial charge >= 0.3 is 11.6 Å². The van der Waals surface area contributed by atoms with E-state index in [1.165, 1.54) is 0 Å². The summed E-state index contributed by atoms with van der Waals surface area (Å²) in [5.41, 5.74) is 4.48. The number of rotatable bonds is 8. The summed E-state index contributed by atoms with van der Waals surface area (Å²) in [6, 6.07) is 10.9. The van der Waals surface area contributed by atoms with Crippen molar-refractivity contribution in [3.63, 3.8) is 0 Å². The van der Waals surface area contributed by atoms with Gasteiger partial charge in [-0.1, -0.05) is 50.6 Å². The molecule has 2 aromatic heterocycles. The van der Waals surface area contributed by atoms with E-state index in [2.05, 4.69) is 5.32 Å². The predicted molar refractivity (Wildman–Crippen MR) is 135 cm³/mol. The van der Waals surface area contributed by atoms with Crippen LogP contribution >= 0.6 is 0 Å². The predicted octanol–water partition coefficient (Wildman–Crippen LogP) is 5.37. The molecule has 0 bridgehead atoms. The molecule has 4 aromatic rings. The van der Waals surface area contributed by atoms with Gasteiger partial charge in [-0.05, 0) is 43.4 Å². The van der Waals surface area contributed by atoms with Crippen molar-refractivity contribution in [2.24, 2.45) is 5.92 Å². The minimum atomic E-state index is -1.07. The maximum absolute atomic E-state index is 12.8. The SMILES string of the molecule is CCC(C)C(NC(=O)CCc1c(C)c2cc3c(-c4ccccc4)coc3c(C)c2oc1=O)C(=O)O. The molecule has 2 unspecified atom stereocenters. The summed E-state index contributed by atoms with van der Waals surface area (Å²) in [6.07, 6.45) is 2.47. The van der Waals surface area contributed by atoms with E-state index in [0.717, 1.165) is 33.0 Å². The van der Waals surface area contributed by atoms with Crippen molar-refractivity contribution in [1.82, 2.24) is 5.32 Å². The number of aryl methyl sites for hydroxylation is 2. The average molecular weight is 476 g/mol. The Balaban J connectivity index is 1.69. The molecular formula is C28H29NO6. The third-order valence-electron chi connectivity index (χ3n) is 6.82. The summed E-state index contributed by atoms with van der Waals surface area (Å²) in [7, 11) is 0. The van der Waals surface area contributed by atoms with Crippen LogP contribution in [0, 0.1) is 19.8 Å². The number of hydrogen-bond acceptors (Lipinski definition) is 5. The first-order valence-corrected chi connectivity index (χ1v) is 11.8. The molecule has 0 aliphatic heterocycles. The van der Waals surface area contributed by atoms with Crippen LogP contribution < -0.4 is 10.9 Å². The lowest BCUT2D eigenvalue weighted by atomic mass is 9.96. The molecule has 0 aliphatic rings. The Hall–Kier alpha value is -3.87. The number of amides is 1. The number of carbonyl (C=O) groups excluding carboxylic acids is 1. The molecule has 7 nitrogen and oxygen atoms in total. The van der Waals surface area contributed by atoms with Gasteiger partial charge in [-0.15, -0.1) is 0 Å². The summed E-state index contributed by atoms with van der Waals surface area (Å²) in [5, 5.41) is 13.7. The number of fused-ring (bicyclic) bond motifs is 2. The van der Waals surface area contributed by atoms with Crippen LogP contribution in [-0.2, 0) is 16.0 Å². The normalized spacial score (nSPS) is 13.1. The van der Waals surface area contributed by atoms with Crippen molar-refractivity contribution in [2.45, 2.75) is 53.0 Å². The molecular weight excluding hydrogens is 446 g/mol. The highest BCUT2D eigenvalue weighted by molar-refractivity contribution is 6.05. The van der Waals surface area contributed by atoms with E-state index in [1.54, 1.807) is 13.2 Å². The van der Waals surface area contributed by atoms with Crippen molar-refractivity contribution in [3.05, 3.63) is 69.8 Å². The van der Waals surface area contributed by atoms with Gasteiger partial charge in [0.25, 0.3) is 0 Å². The highest BCUT2D eigenvalue weighted by Crippen LogP contribution is 2.37. The molecule has 2 heterocycles. The maximum Gasteiger partial charge on any atom is 0.339 e. The van der Waals surface area contributed by atoms with E-state index in [0.29, 0.717) is 23.2 Å². The second kappa shape index (κ2) is 9.78. The molecule has 0 fully saturated rings. The van der Waals surface area contributed by atoms with Gasteiger partial charge in [0.1, 0.15) is 17.2 Å². The molecule has 0 radical (unpaired) electrons. The average Bonchev–Trinajstić information content (AvgIpc) is 3.27. The summed E-state index contributed by atoms with van der Waals surface area (Å²) in [5.74, 6) is -1.68. The number of carboxylic acid groups (broad SMARTS) is 1. The molecule has 182 valence electrons. The lowest BCUT2D eigenvalue weighted by Crippen LogP contribution is -2.45. The Bertz CT molecular complexity index is 1460. The van der Waals surface area contributed by atoms with Crippen LogP contribution in [0.25, 0.3) is 33.1 Å². The van der Waals surface area contributed by atoms with Gasteiger partial charge < -0.3 is 19.3 Å². The summed E-state index contributed by atoms with van der Waals surface area (Å²) in [4.78, 5) is 36.9. The number of carboxylic acids is 1. The minimum absolute atomic E-state index is 0.0144. The fourth-order valence-electron chi connectivity index (χ4n) is 4.49. The van der Waals surface area contributed by atoms with Crippen LogP contribution in [0.4, 0.5) is 0 Å². The number of hydrogen-bond donors (Lipinski definition) is 2. The Morgan fingerprint density at radius 3 is 2.43 bits per heavy atom. The van der Waals surface area contributed by atoms with E-state index >= 15 is 0 Å². The fourth-order valence-corrected chi connectivity index (χ4v) is 4.49. The van der Waals surface area contributed by atoms with E-state index in [4.69, 9.17) is 8.83 Å². The molecule has 2 atom stereocenters. The lowest BCUT2D eigenvalue weighted by molar-refractivity contribution is -0.143. The van der Waals surface area contributed by atoms with Gasteiger partial charge in [-0.3, -0.25) is 4.79 Å². The van der Waals surface area contributed by atoms with Crippen LogP contribution in [0.15, 0.2) is 56.3 Å². The molecule has 0 saturated heterocycles. The molecule has 0 saturated carbocycles. The number of carbonyl (C=O) groups is 2. The first-order chi connectivity index (χ1) is 16.7. The van der Waals surface area contributed by atoms with Crippen molar-refractivity contribution in [3.8, 4) is 11.1 Å². The van der Waals surface area contributed by atoms with Crippen molar-refractivity contribution in [1.29, 1.82) is 0 Å². The Morgan fingerprint density at radius 1 is 1.06 bits per heavy atom. The highest BCUT2D eigenvalue weighted by Gasteiger charge is 2.25. The second-order valence-electron chi connectivity index (χ2n) is 9.03. The zero-order valence-electron chi connectivity index (χ0n) is 20.3. The summed E-state index contributed by atoms with van der Waals surface area (Å²) in [6.45, 7) is 7.36. The van der Waals surface area contributed by atoms with Crippen LogP contribution in [0.2, 0.25) is 0 Å². The monoisotopic (exact) mass is 475 g/mol. The third kappa shape index (κ3) is 4.58. The molecule has 1 amide bonds. The van der Waals surface area contributed by atoms with Gasteiger partial charge in [0.2, 0.25) is 5.91 Å². The standard InChI is InChI=1S/C28H29NO6/c1-5-15(2)24(27(31)32)29-23(30)12-11-19-16(3)20-13-21-22(18-9-7-6-8-10-18)14-34-25(21)17(4)26(20)35-28(19)33/h6-10,13-15,24H,5,11-12H2,1-4H3,(H,29,30)(H,31,32). The number of aliphatic carboxylic acids is 1. The smallest absolute Gasteiger partial charge is 0.339 e. The topological polar surface area (TPSA) is 110 Å². The molecule has 7 heteroatoms. The van der Waals surface area contributed by atoms with Gasteiger partial charge in [-0.2, -0.15) is 0 Å². The van der Waals surface area contributed by atoms with Gasteiger partial charge in [0.15, 0.2) is 0 Å².